The fourth-order valence-electron chi connectivity index (χ4n) is 3.27. The number of nitrogens with zero attached hydrogens (tertiary/aromatic N) is 2. The Morgan fingerprint density at radius 3 is 2.65 bits per heavy atom. The number of sulfonamides is 1. The predicted octanol–water partition coefficient (Wildman–Crippen LogP) is 0.965. The number of aromatic nitrogens is 2. The Labute approximate surface area is 118 Å². The first kappa shape index (κ1) is 12.5. The molecule has 3 N–H and O–H groups in total. The Morgan fingerprint density at radius 1 is 1.30 bits per heavy atom. The fraction of sp³-hybridized carbons (Fsp3) is 0.692. The zero-order valence-corrected chi connectivity index (χ0v) is 11.9. The maximum atomic E-state index is 11.9. The molecular weight excluding hydrogens is 276 g/mol. The summed E-state index contributed by atoms with van der Waals surface area (Å²) in [6.07, 6.45) is 6.15. The third kappa shape index (κ3) is 2.09. The molecule has 1 aromatic heterocycles. The first-order valence-electron chi connectivity index (χ1n) is 7.10. The summed E-state index contributed by atoms with van der Waals surface area (Å²) in [5, 5.41) is -0.258. The summed E-state index contributed by atoms with van der Waals surface area (Å²) in [6, 6.07) is 1.59. The third-order valence-electron chi connectivity index (χ3n) is 4.63. The van der Waals surface area contributed by atoms with Crippen molar-refractivity contribution in [3.8, 4) is 0 Å². The van der Waals surface area contributed by atoms with Crippen molar-refractivity contribution >= 4 is 15.8 Å². The van der Waals surface area contributed by atoms with E-state index in [2.05, 4.69) is 14.7 Å². The quantitative estimate of drug-likeness (QED) is 0.862. The largest absolute Gasteiger partial charge is 0.319 e. The van der Waals surface area contributed by atoms with E-state index in [1.54, 1.807) is 12.3 Å². The molecule has 108 valence electrons. The van der Waals surface area contributed by atoms with E-state index in [0.29, 0.717) is 11.6 Å². The van der Waals surface area contributed by atoms with Crippen LogP contribution in [0.25, 0.3) is 0 Å². The molecule has 0 aromatic carbocycles. The molecule has 3 aliphatic rings. The molecular formula is C13H18N4O2S. The lowest BCUT2D eigenvalue weighted by atomic mass is 9.93. The molecule has 6 nitrogen and oxygen atoms in total. The van der Waals surface area contributed by atoms with Crippen molar-refractivity contribution in [1.82, 2.24) is 9.97 Å². The summed E-state index contributed by atoms with van der Waals surface area (Å²) < 4.78 is 26.4. The van der Waals surface area contributed by atoms with Gasteiger partial charge in [-0.25, -0.2) is 18.4 Å². The standard InChI is InChI=1S/C13H18N4O2S/c14-13(6-8-5-9(8)7-13)12-15-4-3-11(16-12)17-20(18,19)10-1-2-10/h3-4,8-10H,1-2,5-7,14H2,(H,15,16,17). The zero-order chi connectivity index (χ0) is 14.0. The molecule has 20 heavy (non-hydrogen) atoms. The molecule has 0 aliphatic heterocycles. The highest BCUT2D eigenvalue weighted by Crippen LogP contribution is 2.57. The second-order valence-corrected chi connectivity index (χ2v) is 8.39. The molecule has 3 aliphatic carbocycles. The van der Waals surface area contributed by atoms with Crippen molar-refractivity contribution in [1.29, 1.82) is 0 Å². The lowest BCUT2D eigenvalue weighted by molar-refractivity contribution is 0.387. The monoisotopic (exact) mass is 294 g/mol. The predicted molar refractivity (Wildman–Crippen MR) is 74.3 cm³/mol. The van der Waals surface area contributed by atoms with Gasteiger partial charge < -0.3 is 5.73 Å². The fourth-order valence-corrected chi connectivity index (χ4v) is 4.60. The second-order valence-electron chi connectivity index (χ2n) is 6.43. The van der Waals surface area contributed by atoms with Gasteiger partial charge in [0.05, 0.1) is 10.8 Å². The molecule has 0 spiro atoms. The van der Waals surface area contributed by atoms with Gasteiger partial charge in [-0.15, -0.1) is 0 Å². The van der Waals surface area contributed by atoms with Crippen LogP contribution in [0.5, 0.6) is 0 Å². The maximum Gasteiger partial charge on any atom is 0.236 e. The SMILES string of the molecule is NC1(c2nccc(NS(=O)(=O)C3CC3)n2)CC2CC2C1. The van der Waals surface area contributed by atoms with Gasteiger partial charge in [0, 0.05) is 6.20 Å². The lowest BCUT2D eigenvalue weighted by Gasteiger charge is -2.24. The smallest absolute Gasteiger partial charge is 0.236 e. The van der Waals surface area contributed by atoms with E-state index in [4.69, 9.17) is 5.73 Å². The molecule has 2 atom stereocenters. The van der Waals surface area contributed by atoms with Crippen LogP contribution in [-0.4, -0.2) is 23.6 Å². The van der Waals surface area contributed by atoms with Gasteiger partial charge >= 0.3 is 0 Å². The third-order valence-corrected chi connectivity index (χ3v) is 6.48. The number of anilines is 1. The molecule has 2 unspecified atom stereocenters. The van der Waals surface area contributed by atoms with E-state index in [1.807, 2.05) is 0 Å². The Balaban J connectivity index is 1.58. The number of fused-ring (bicyclic) bond motifs is 1. The minimum atomic E-state index is -3.28. The number of hydrogen-bond acceptors (Lipinski definition) is 5. The normalized spacial score (nSPS) is 35.6. The van der Waals surface area contributed by atoms with Crippen LogP contribution >= 0.6 is 0 Å². The van der Waals surface area contributed by atoms with Gasteiger partial charge in [0.2, 0.25) is 10.0 Å². The average molecular weight is 294 g/mol. The van der Waals surface area contributed by atoms with E-state index < -0.39 is 15.6 Å². The molecule has 1 aromatic rings. The zero-order valence-electron chi connectivity index (χ0n) is 11.1. The second kappa shape index (κ2) is 3.92. The Bertz CT molecular complexity index is 646. The van der Waals surface area contributed by atoms with Crippen LogP contribution in [-0.2, 0) is 15.6 Å². The Hall–Kier alpha value is -1.21. The van der Waals surface area contributed by atoms with Crippen molar-refractivity contribution < 1.29 is 8.42 Å². The molecule has 1 heterocycles. The van der Waals surface area contributed by atoms with Crippen LogP contribution in [0.4, 0.5) is 5.82 Å². The first-order valence-corrected chi connectivity index (χ1v) is 8.65. The van der Waals surface area contributed by atoms with Crippen molar-refractivity contribution in [3.05, 3.63) is 18.1 Å². The molecule has 0 bridgehead atoms. The number of rotatable bonds is 4. The van der Waals surface area contributed by atoms with E-state index in [1.165, 1.54) is 6.42 Å². The Kier molecular flexibility index (Phi) is 2.45. The van der Waals surface area contributed by atoms with E-state index in [-0.39, 0.29) is 5.25 Å². The van der Waals surface area contributed by atoms with Crippen LogP contribution < -0.4 is 10.5 Å². The van der Waals surface area contributed by atoms with Crippen LogP contribution in [0.2, 0.25) is 0 Å². The van der Waals surface area contributed by atoms with E-state index in [9.17, 15) is 8.42 Å². The van der Waals surface area contributed by atoms with Crippen molar-refractivity contribution in [3.63, 3.8) is 0 Å². The van der Waals surface area contributed by atoms with Gasteiger partial charge in [0.15, 0.2) is 5.82 Å². The lowest BCUT2D eigenvalue weighted by Crippen LogP contribution is -2.37. The van der Waals surface area contributed by atoms with Gasteiger partial charge in [-0.2, -0.15) is 0 Å². The molecule has 3 fully saturated rings. The summed E-state index contributed by atoms with van der Waals surface area (Å²) in [6.45, 7) is 0. The summed E-state index contributed by atoms with van der Waals surface area (Å²) in [7, 11) is -3.28. The van der Waals surface area contributed by atoms with E-state index >= 15 is 0 Å². The molecule has 3 saturated carbocycles. The van der Waals surface area contributed by atoms with Gasteiger partial charge in [0.25, 0.3) is 0 Å². The summed E-state index contributed by atoms with van der Waals surface area (Å²) in [5.74, 6) is 2.35. The van der Waals surface area contributed by atoms with Gasteiger partial charge in [-0.05, 0) is 50.0 Å². The van der Waals surface area contributed by atoms with Crippen LogP contribution in [0.15, 0.2) is 12.3 Å². The van der Waals surface area contributed by atoms with Crippen LogP contribution in [0.3, 0.4) is 0 Å². The number of hydrogen-bond donors (Lipinski definition) is 2. The Morgan fingerprint density at radius 2 is 2.00 bits per heavy atom. The topological polar surface area (TPSA) is 98.0 Å². The highest BCUT2D eigenvalue weighted by atomic mass is 32.2. The summed E-state index contributed by atoms with van der Waals surface area (Å²) in [5.41, 5.74) is 5.93. The molecule has 7 heteroatoms. The summed E-state index contributed by atoms with van der Waals surface area (Å²) in [4.78, 5) is 8.62. The minimum Gasteiger partial charge on any atom is -0.319 e. The van der Waals surface area contributed by atoms with Gasteiger partial charge in [-0.1, -0.05) is 0 Å². The first-order chi connectivity index (χ1) is 9.46. The van der Waals surface area contributed by atoms with Gasteiger partial charge in [0.1, 0.15) is 5.82 Å². The van der Waals surface area contributed by atoms with Gasteiger partial charge in [-0.3, -0.25) is 4.72 Å². The van der Waals surface area contributed by atoms with Crippen molar-refractivity contribution in [2.45, 2.75) is 42.9 Å². The van der Waals surface area contributed by atoms with Crippen molar-refractivity contribution in [2.75, 3.05) is 4.72 Å². The number of nitrogens with two attached hydrogens (primary N) is 1. The summed E-state index contributed by atoms with van der Waals surface area (Å²) >= 11 is 0. The maximum absolute atomic E-state index is 11.9. The van der Waals surface area contributed by atoms with Crippen molar-refractivity contribution in [2.24, 2.45) is 17.6 Å². The highest BCUT2D eigenvalue weighted by Gasteiger charge is 2.54. The molecule has 0 amide bonds. The highest BCUT2D eigenvalue weighted by molar-refractivity contribution is 7.93. The number of nitrogens with one attached hydrogen (secondary N) is 1. The molecule has 0 radical (unpaired) electrons. The van der Waals surface area contributed by atoms with Crippen LogP contribution in [0, 0.1) is 11.8 Å². The average Bonchev–Trinajstić information content (AvgIpc) is 3.28. The molecule has 4 rings (SSSR count). The van der Waals surface area contributed by atoms with E-state index in [0.717, 1.165) is 37.5 Å². The minimum absolute atomic E-state index is 0.258. The molecule has 0 saturated heterocycles. The van der Waals surface area contributed by atoms with Crippen LogP contribution in [0.1, 0.15) is 37.9 Å².